The fourth-order valence-corrected chi connectivity index (χ4v) is 2.73. The summed E-state index contributed by atoms with van der Waals surface area (Å²) in [6.45, 7) is 3.00. The third kappa shape index (κ3) is 2.57. The van der Waals surface area contributed by atoms with Gasteiger partial charge in [-0.05, 0) is 24.1 Å². The minimum absolute atomic E-state index is 0.0580. The van der Waals surface area contributed by atoms with Crippen LogP contribution in [-0.4, -0.2) is 19.0 Å². The lowest BCUT2D eigenvalue weighted by molar-refractivity contribution is -0.126. The van der Waals surface area contributed by atoms with Crippen LogP contribution in [0.4, 0.5) is 5.69 Å². The van der Waals surface area contributed by atoms with Crippen LogP contribution in [0.3, 0.4) is 0 Å². The lowest BCUT2D eigenvalue weighted by Gasteiger charge is -2.34. The molecule has 3 rings (SSSR count). The Bertz CT molecular complexity index is 670. The highest BCUT2D eigenvalue weighted by molar-refractivity contribution is 6.00. The molecule has 1 atom stereocenters. The molecule has 1 aliphatic heterocycles. The van der Waals surface area contributed by atoms with E-state index in [0.717, 1.165) is 23.4 Å². The van der Waals surface area contributed by atoms with E-state index < -0.39 is 6.10 Å². The van der Waals surface area contributed by atoms with Gasteiger partial charge in [0.2, 0.25) is 6.10 Å². The van der Waals surface area contributed by atoms with Crippen LogP contribution < -0.4 is 15.4 Å². The van der Waals surface area contributed by atoms with Crippen LogP contribution in [-0.2, 0) is 11.2 Å². The average molecular weight is 296 g/mol. The first-order valence-electron chi connectivity index (χ1n) is 7.60. The molecule has 1 heterocycles. The second kappa shape index (κ2) is 6.20. The maximum absolute atomic E-state index is 12.8. The van der Waals surface area contributed by atoms with Gasteiger partial charge in [-0.15, -0.1) is 0 Å². The van der Waals surface area contributed by atoms with Gasteiger partial charge in [0, 0.05) is 18.7 Å². The highest BCUT2D eigenvalue weighted by Gasteiger charge is 2.35. The molecule has 4 heteroatoms. The SMILES string of the molecule is CCc1ccc2c(c1)N(CCN)C(=O)C(c1ccccc1)O2. The summed E-state index contributed by atoms with van der Waals surface area (Å²) in [7, 11) is 0. The van der Waals surface area contributed by atoms with Crippen molar-refractivity contribution in [2.45, 2.75) is 19.4 Å². The van der Waals surface area contributed by atoms with Gasteiger partial charge in [-0.2, -0.15) is 0 Å². The van der Waals surface area contributed by atoms with Crippen molar-refractivity contribution < 1.29 is 9.53 Å². The van der Waals surface area contributed by atoms with Gasteiger partial charge in [0.05, 0.1) is 5.69 Å². The molecule has 0 spiro atoms. The Morgan fingerprint density at radius 2 is 1.95 bits per heavy atom. The molecule has 1 aliphatic rings. The smallest absolute Gasteiger partial charge is 0.272 e. The lowest BCUT2D eigenvalue weighted by Crippen LogP contribution is -2.43. The highest BCUT2D eigenvalue weighted by Crippen LogP contribution is 2.39. The third-order valence-electron chi connectivity index (χ3n) is 3.91. The van der Waals surface area contributed by atoms with Gasteiger partial charge >= 0.3 is 0 Å². The van der Waals surface area contributed by atoms with Gasteiger partial charge in [0.15, 0.2) is 0 Å². The number of anilines is 1. The standard InChI is InChI=1S/C18H20N2O2/c1-2-13-8-9-16-15(12-13)20(11-10-19)18(21)17(22-16)14-6-4-3-5-7-14/h3-9,12,17H,2,10-11,19H2,1H3. The predicted octanol–water partition coefficient (Wildman–Crippen LogP) is 2.67. The number of nitrogens with zero attached hydrogens (tertiary/aromatic N) is 1. The number of carbonyl (C=O) groups is 1. The van der Waals surface area contributed by atoms with Crippen molar-refractivity contribution in [1.82, 2.24) is 0 Å². The first-order valence-corrected chi connectivity index (χ1v) is 7.60. The Morgan fingerprint density at radius 1 is 1.18 bits per heavy atom. The van der Waals surface area contributed by atoms with Crippen LogP contribution in [0.1, 0.15) is 24.2 Å². The lowest BCUT2D eigenvalue weighted by atomic mass is 10.0. The summed E-state index contributed by atoms with van der Waals surface area (Å²) >= 11 is 0. The number of amides is 1. The first-order chi connectivity index (χ1) is 10.7. The van der Waals surface area contributed by atoms with E-state index in [9.17, 15) is 4.79 Å². The van der Waals surface area contributed by atoms with E-state index in [4.69, 9.17) is 10.5 Å². The van der Waals surface area contributed by atoms with E-state index in [0.29, 0.717) is 13.1 Å². The van der Waals surface area contributed by atoms with Crippen molar-refractivity contribution in [3.05, 3.63) is 59.7 Å². The molecule has 0 radical (unpaired) electrons. The van der Waals surface area contributed by atoms with E-state index in [1.165, 1.54) is 5.56 Å². The summed E-state index contributed by atoms with van der Waals surface area (Å²) in [5, 5.41) is 0. The summed E-state index contributed by atoms with van der Waals surface area (Å²) in [4.78, 5) is 14.6. The maximum atomic E-state index is 12.8. The molecule has 0 saturated carbocycles. The summed E-state index contributed by atoms with van der Waals surface area (Å²) in [6.07, 6.45) is 0.313. The summed E-state index contributed by atoms with van der Waals surface area (Å²) in [5.74, 6) is 0.677. The zero-order valence-electron chi connectivity index (χ0n) is 12.7. The van der Waals surface area contributed by atoms with Crippen LogP contribution in [0, 0.1) is 0 Å². The van der Waals surface area contributed by atoms with Crippen molar-refractivity contribution in [3.8, 4) is 5.75 Å². The summed E-state index contributed by atoms with van der Waals surface area (Å²) in [5.41, 5.74) is 8.56. The Balaban J connectivity index is 2.03. The van der Waals surface area contributed by atoms with Gasteiger partial charge in [0.25, 0.3) is 5.91 Å². The van der Waals surface area contributed by atoms with Crippen LogP contribution in [0.5, 0.6) is 5.75 Å². The molecule has 114 valence electrons. The highest BCUT2D eigenvalue weighted by atomic mass is 16.5. The molecule has 2 N–H and O–H groups in total. The molecule has 22 heavy (non-hydrogen) atoms. The minimum Gasteiger partial charge on any atom is -0.474 e. The van der Waals surface area contributed by atoms with Gasteiger partial charge in [-0.3, -0.25) is 4.79 Å². The monoisotopic (exact) mass is 296 g/mol. The fourth-order valence-electron chi connectivity index (χ4n) is 2.73. The number of benzene rings is 2. The number of rotatable bonds is 4. The predicted molar refractivity (Wildman–Crippen MR) is 87.0 cm³/mol. The van der Waals surface area contributed by atoms with Gasteiger partial charge in [0.1, 0.15) is 5.75 Å². The van der Waals surface area contributed by atoms with Crippen LogP contribution >= 0.6 is 0 Å². The molecule has 0 fully saturated rings. The van der Waals surface area contributed by atoms with Crippen LogP contribution in [0.15, 0.2) is 48.5 Å². The molecule has 1 amide bonds. The molecule has 0 aliphatic carbocycles. The zero-order chi connectivity index (χ0) is 15.5. The third-order valence-corrected chi connectivity index (χ3v) is 3.91. The Kier molecular flexibility index (Phi) is 4.11. The molecule has 4 nitrogen and oxygen atoms in total. The minimum atomic E-state index is -0.604. The van der Waals surface area contributed by atoms with E-state index in [1.54, 1.807) is 4.90 Å². The van der Waals surface area contributed by atoms with Crippen molar-refractivity contribution in [2.24, 2.45) is 5.73 Å². The molecule has 2 aromatic rings. The van der Waals surface area contributed by atoms with E-state index in [2.05, 4.69) is 6.92 Å². The summed E-state index contributed by atoms with van der Waals surface area (Å²) < 4.78 is 5.97. The molecule has 0 bridgehead atoms. The van der Waals surface area contributed by atoms with Crippen LogP contribution in [0.2, 0.25) is 0 Å². The molecular formula is C18H20N2O2. The van der Waals surface area contributed by atoms with Crippen molar-refractivity contribution >= 4 is 11.6 Å². The van der Waals surface area contributed by atoms with E-state index in [-0.39, 0.29) is 5.91 Å². The number of carbonyl (C=O) groups excluding carboxylic acids is 1. The fraction of sp³-hybridized carbons (Fsp3) is 0.278. The van der Waals surface area contributed by atoms with Crippen molar-refractivity contribution in [3.63, 3.8) is 0 Å². The number of ether oxygens (including phenoxy) is 1. The second-order valence-corrected chi connectivity index (χ2v) is 5.34. The zero-order valence-corrected chi connectivity index (χ0v) is 12.7. The van der Waals surface area contributed by atoms with Gasteiger partial charge in [-0.25, -0.2) is 0 Å². The largest absolute Gasteiger partial charge is 0.474 e. The number of fused-ring (bicyclic) bond motifs is 1. The van der Waals surface area contributed by atoms with E-state index in [1.807, 2.05) is 48.5 Å². The molecule has 0 aromatic heterocycles. The van der Waals surface area contributed by atoms with Crippen molar-refractivity contribution in [1.29, 1.82) is 0 Å². The topological polar surface area (TPSA) is 55.6 Å². The number of aryl methyl sites for hydroxylation is 1. The molecule has 0 saturated heterocycles. The molecular weight excluding hydrogens is 276 g/mol. The van der Waals surface area contributed by atoms with Crippen LogP contribution in [0.25, 0.3) is 0 Å². The Morgan fingerprint density at radius 3 is 2.64 bits per heavy atom. The quantitative estimate of drug-likeness (QED) is 0.943. The van der Waals surface area contributed by atoms with Gasteiger partial charge < -0.3 is 15.4 Å². The average Bonchev–Trinajstić information content (AvgIpc) is 2.57. The Hall–Kier alpha value is -2.33. The number of hydrogen-bond acceptors (Lipinski definition) is 3. The Labute approximate surface area is 130 Å². The second-order valence-electron chi connectivity index (χ2n) is 5.34. The van der Waals surface area contributed by atoms with Gasteiger partial charge in [-0.1, -0.05) is 43.3 Å². The molecule has 1 unspecified atom stereocenters. The number of hydrogen-bond donors (Lipinski definition) is 1. The molecule has 2 aromatic carbocycles. The number of nitrogens with two attached hydrogens (primary N) is 1. The summed E-state index contributed by atoms with van der Waals surface area (Å²) in [6, 6.07) is 15.6. The van der Waals surface area contributed by atoms with Crippen molar-refractivity contribution in [2.75, 3.05) is 18.0 Å². The normalized spacial score (nSPS) is 17.1. The van der Waals surface area contributed by atoms with E-state index >= 15 is 0 Å². The maximum Gasteiger partial charge on any atom is 0.272 e. The first kappa shape index (κ1) is 14.6.